The van der Waals surface area contributed by atoms with E-state index in [2.05, 4.69) is 82.8 Å². The second kappa shape index (κ2) is 6.85. The largest absolute Gasteiger partial charge is 0.298 e. The Morgan fingerprint density at radius 1 is 0.612 bits per heavy atom. The van der Waals surface area contributed by atoms with Crippen LogP contribution >= 0.6 is 0 Å². The highest BCUT2D eigenvalue weighted by Gasteiger charge is 2.87. The predicted octanol–water partition coefficient (Wildman–Crippen LogP) is 8.31. The molecule has 18 rings (SSSR count). The fourth-order valence-corrected chi connectivity index (χ4v) is 24.3. The van der Waals surface area contributed by atoms with Crippen molar-refractivity contribution >= 4 is 0 Å². The standard InChI is InChI=1S/C48H49N/c1-49-15-48-14-23-12-21-10-18-7-17-8-20-9-19-11-22-13-24(45(48)47(49)16-5-3-2-4-6-16)32-37-28(22)27(19)34-29(20)33-25(17)26(18)35-30(21)36-31(23)46(48)44(32)43-41(36)39(35)38(33)40(34)42(37)43/h2-6,10,13-14,17,19-22,25-27,29-36,38-47H,7-9,11-12,15H2,1H3. The second-order valence-corrected chi connectivity index (χ2v) is 22.7. The van der Waals surface area contributed by atoms with E-state index in [1.54, 1.807) is 31.2 Å². The molecule has 0 bridgehead atoms. The van der Waals surface area contributed by atoms with Crippen LogP contribution in [0.4, 0.5) is 0 Å². The summed E-state index contributed by atoms with van der Waals surface area (Å²) in [7, 11) is 2.56. The molecule has 246 valence electrons. The normalized spacial score (nSPS) is 71.2. The van der Waals surface area contributed by atoms with E-state index in [1.165, 1.54) is 13.0 Å². The predicted molar refractivity (Wildman–Crippen MR) is 186 cm³/mol. The van der Waals surface area contributed by atoms with Crippen LogP contribution in [0, 0.1) is 153 Å². The average Bonchev–Trinajstić information content (AvgIpc) is 3.95. The van der Waals surface area contributed by atoms with Crippen molar-refractivity contribution in [2.75, 3.05) is 13.6 Å². The third kappa shape index (κ3) is 2.00. The molecule has 27 unspecified atom stereocenters. The Balaban J connectivity index is 1.00. The van der Waals surface area contributed by atoms with E-state index >= 15 is 0 Å². The first kappa shape index (κ1) is 24.4. The topological polar surface area (TPSA) is 3.24 Å². The van der Waals surface area contributed by atoms with Gasteiger partial charge in [-0.25, -0.2) is 0 Å². The Morgan fingerprint density at radius 2 is 1.39 bits per heavy atom. The van der Waals surface area contributed by atoms with Crippen LogP contribution in [0.2, 0.25) is 0 Å². The fraction of sp³-hybridized carbons (Fsp3) is 0.708. The summed E-state index contributed by atoms with van der Waals surface area (Å²) in [6, 6.07) is 12.6. The van der Waals surface area contributed by atoms with Crippen molar-refractivity contribution in [3.63, 3.8) is 0 Å². The minimum absolute atomic E-state index is 0.374. The molecular formula is C48H49N. The summed E-state index contributed by atoms with van der Waals surface area (Å²) in [6.07, 6.45) is 17.2. The van der Waals surface area contributed by atoms with Crippen molar-refractivity contribution < 1.29 is 0 Å². The van der Waals surface area contributed by atoms with Crippen LogP contribution in [-0.2, 0) is 0 Å². The molecule has 1 nitrogen and oxygen atoms in total. The van der Waals surface area contributed by atoms with Crippen molar-refractivity contribution in [3.05, 3.63) is 82.0 Å². The highest BCUT2D eigenvalue weighted by Crippen LogP contribution is 2.92. The molecule has 1 heterocycles. The zero-order chi connectivity index (χ0) is 30.5. The quantitative estimate of drug-likeness (QED) is 0.280. The van der Waals surface area contributed by atoms with E-state index in [0.29, 0.717) is 17.4 Å². The average molecular weight is 640 g/mol. The number of hydrogen-bond donors (Lipinski definition) is 0. The van der Waals surface area contributed by atoms with E-state index in [9.17, 15) is 0 Å². The summed E-state index contributed by atoms with van der Waals surface area (Å²) in [5.41, 5.74) is 12.6. The van der Waals surface area contributed by atoms with Crippen LogP contribution in [0.5, 0.6) is 0 Å². The smallest absolute Gasteiger partial charge is 0.0419 e. The lowest BCUT2D eigenvalue weighted by molar-refractivity contribution is -0.140. The van der Waals surface area contributed by atoms with Crippen molar-refractivity contribution in [2.45, 2.75) is 38.1 Å². The SMILES string of the molecule is CN1CC23C=C4CC5C=C6CC7CC8CC9CC%10C=C(C%11C%12=C%10C9C9C8C8C7C6C6C5C5C4C2C%11C2C%12C9C8C6C52)C3C1c1ccccc1. The molecule has 0 N–H and O–H groups in total. The van der Waals surface area contributed by atoms with E-state index in [1.807, 2.05) is 5.57 Å². The van der Waals surface area contributed by atoms with Gasteiger partial charge in [-0.1, -0.05) is 76.4 Å². The van der Waals surface area contributed by atoms with Gasteiger partial charge in [-0.15, -0.1) is 0 Å². The highest BCUT2D eigenvalue weighted by atomic mass is 15.2. The Hall–Kier alpha value is -1.86. The minimum atomic E-state index is 0.374. The van der Waals surface area contributed by atoms with Gasteiger partial charge in [-0.3, -0.25) is 4.90 Å². The van der Waals surface area contributed by atoms with Gasteiger partial charge >= 0.3 is 0 Å². The van der Waals surface area contributed by atoms with Crippen molar-refractivity contribution in [1.29, 1.82) is 0 Å². The van der Waals surface area contributed by atoms with Crippen molar-refractivity contribution in [1.82, 2.24) is 4.90 Å². The Labute approximate surface area is 291 Å². The Morgan fingerprint density at radius 3 is 2.31 bits per heavy atom. The molecule has 27 atom stereocenters. The monoisotopic (exact) mass is 639 g/mol. The number of likely N-dealkylation sites (tertiary alicyclic amines) is 1. The third-order valence-electron chi connectivity index (χ3n) is 23.0. The lowest BCUT2D eigenvalue weighted by Crippen LogP contribution is -2.60. The summed E-state index contributed by atoms with van der Waals surface area (Å²) in [4.78, 5) is 2.92. The molecule has 16 aliphatic carbocycles. The highest BCUT2D eigenvalue weighted by molar-refractivity contribution is 5.57. The van der Waals surface area contributed by atoms with Crippen LogP contribution in [0.3, 0.4) is 0 Å². The second-order valence-electron chi connectivity index (χ2n) is 22.7. The maximum absolute atomic E-state index is 3.16. The van der Waals surface area contributed by atoms with E-state index in [0.717, 1.165) is 142 Å². The van der Waals surface area contributed by atoms with Gasteiger partial charge in [0.25, 0.3) is 0 Å². The lowest BCUT2D eigenvalue weighted by atomic mass is 9.41. The number of allylic oxidation sites excluding steroid dienone is 6. The molecule has 1 saturated heterocycles. The summed E-state index contributed by atoms with van der Waals surface area (Å²) in [5, 5.41) is 0. The molecule has 1 aliphatic heterocycles. The summed E-state index contributed by atoms with van der Waals surface area (Å²) >= 11 is 0. The molecule has 0 aromatic heterocycles. The molecule has 13 fully saturated rings. The number of hydrogen-bond acceptors (Lipinski definition) is 1. The summed E-state index contributed by atoms with van der Waals surface area (Å²) < 4.78 is 0. The number of nitrogens with zero attached hydrogens (tertiary/aromatic N) is 1. The zero-order valence-electron chi connectivity index (χ0n) is 28.8. The van der Waals surface area contributed by atoms with Crippen LogP contribution in [0.1, 0.15) is 43.7 Å². The molecule has 1 aromatic carbocycles. The fourth-order valence-electron chi connectivity index (χ4n) is 24.3. The first-order valence-electron chi connectivity index (χ1n) is 21.8. The molecular weight excluding hydrogens is 591 g/mol. The molecule has 1 spiro atoms. The number of rotatable bonds is 1. The molecule has 0 radical (unpaired) electrons. The number of benzene rings is 1. The molecule has 49 heavy (non-hydrogen) atoms. The summed E-state index contributed by atoms with van der Waals surface area (Å²) in [6.45, 7) is 1.33. The van der Waals surface area contributed by atoms with Crippen LogP contribution < -0.4 is 0 Å². The van der Waals surface area contributed by atoms with Crippen molar-refractivity contribution in [2.24, 2.45) is 153 Å². The molecule has 0 amide bonds. The lowest BCUT2D eigenvalue weighted by Gasteiger charge is -2.62. The zero-order valence-corrected chi connectivity index (χ0v) is 28.8. The van der Waals surface area contributed by atoms with Crippen LogP contribution in [0.15, 0.2) is 76.4 Å². The maximum atomic E-state index is 3.16. The van der Waals surface area contributed by atoms with E-state index in [4.69, 9.17) is 0 Å². The number of fused-ring (bicyclic) bond motifs is 1. The van der Waals surface area contributed by atoms with Gasteiger partial charge < -0.3 is 0 Å². The van der Waals surface area contributed by atoms with Crippen LogP contribution in [-0.4, -0.2) is 18.5 Å². The van der Waals surface area contributed by atoms with Gasteiger partial charge in [0.05, 0.1) is 0 Å². The van der Waals surface area contributed by atoms with Gasteiger partial charge in [0.2, 0.25) is 0 Å². The van der Waals surface area contributed by atoms with Crippen LogP contribution in [0.25, 0.3) is 0 Å². The summed E-state index contributed by atoms with van der Waals surface area (Å²) in [5.74, 6) is 25.6. The molecule has 12 saturated carbocycles. The van der Waals surface area contributed by atoms with Gasteiger partial charge in [0.1, 0.15) is 0 Å². The first-order valence-corrected chi connectivity index (χ1v) is 21.8. The van der Waals surface area contributed by atoms with Gasteiger partial charge in [0, 0.05) is 29.8 Å². The Bertz CT molecular complexity index is 2060. The third-order valence-corrected chi connectivity index (χ3v) is 23.0. The van der Waals surface area contributed by atoms with E-state index in [-0.39, 0.29) is 0 Å². The van der Waals surface area contributed by atoms with Gasteiger partial charge in [0.15, 0.2) is 0 Å². The van der Waals surface area contributed by atoms with Gasteiger partial charge in [-0.05, 0) is 181 Å². The maximum Gasteiger partial charge on any atom is 0.0419 e. The van der Waals surface area contributed by atoms with E-state index < -0.39 is 0 Å². The van der Waals surface area contributed by atoms with Gasteiger partial charge in [-0.2, -0.15) is 0 Å². The minimum Gasteiger partial charge on any atom is -0.298 e. The molecule has 1 aromatic rings. The first-order chi connectivity index (χ1) is 24.2. The molecule has 1 heteroatoms. The molecule has 17 aliphatic rings. The van der Waals surface area contributed by atoms with Crippen molar-refractivity contribution in [3.8, 4) is 0 Å². The Kier molecular flexibility index (Phi) is 3.41.